The second kappa shape index (κ2) is 17.3. The number of fused-ring (bicyclic) bond motifs is 5. The summed E-state index contributed by atoms with van der Waals surface area (Å²) in [5.41, 5.74) is -7.19. The van der Waals surface area contributed by atoms with Crippen LogP contribution in [0, 0.1) is 16.7 Å². The molecule has 3 fully saturated rings. The summed E-state index contributed by atoms with van der Waals surface area (Å²) in [6, 6.07) is 14.9. The van der Waals surface area contributed by atoms with Crippen molar-refractivity contribution in [2.45, 2.75) is 128 Å². The Hall–Kier alpha value is -5.22. The smallest absolute Gasteiger partial charge is 0.338 e. The predicted octanol–water partition coefficient (Wildman–Crippen LogP) is 3.78. The Morgan fingerprint density at radius 2 is 1.61 bits per heavy atom. The maximum Gasteiger partial charge on any atom is 0.338 e. The van der Waals surface area contributed by atoms with E-state index in [1.54, 1.807) is 68.5 Å². The molecule has 328 valence electrons. The monoisotopic (exact) mass is 845 g/mol. The molecular weight excluding hydrogens is 790 g/mol. The van der Waals surface area contributed by atoms with Crippen LogP contribution in [0.4, 0.5) is 0 Å². The molecule has 0 aromatic heterocycles. The van der Waals surface area contributed by atoms with E-state index in [1.165, 1.54) is 26.0 Å². The van der Waals surface area contributed by atoms with Gasteiger partial charge in [-0.15, -0.1) is 6.58 Å². The van der Waals surface area contributed by atoms with E-state index < -0.39 is 113 Å². The van der Waals surface area contributed by atoms with Crippen LogP contribution in [-0.2, 0) is 47.7 Å². The molecule has 4 N–H and O–H groups in total. The number of ether oxygens (including phenoxy) is 5. The number of aliphatic hydroxyl groups excluding tert-OH is 2. The number of hydrogen-bond acceptors (Lipinski definition) is 14. The van der Waals surface area contributed by atoms with Crippen molar-refractivity contribution in [3.8, 4) is 0 Å². The van der Waals surface area contributed by atoms with Crippen LogP contribution < -0.4 is 5.32 Å². The molecule has 6 rings (SSSR count). The quantitative estimate of drug-likeness (QED) is 0.0976. The molecule has 15 nitrogen and oxygen atoms in total. The average molecular weight is 846 g/mol. The first kappa shape index (κ1) is 45.3. The highest BCUT2D eigenvalue weighted by Gasteiger charge is 2.78. The third-order valence-corrected chi connectivity index (χ3v) is 13.3. The number of ketones is 1. The first-order valence-electron chi connectivity index (χ1n) is 20.5. The minimum absolute atomic E-state index is 0.00465. The van der Waals surface area contributed by atoms with Crippen molar-refractivity contribution in [1.82, 2.24) is 5.32 Å². The molecule has 0 spiro atoms. The van der Waals surface area contributed by atoms with Gasteiger partial charge in [0.1, 0.15) is 23.9 Å². The standard InChI is InChI=1S/C46H55NO14/c1-8-9-12-21-33(51)47-35(28-17-13-10-14-18-28)36(52)42(55)59-30-23-46(56)40(60-41(54)29-19-15-11-16-20-29)38-44(7,31(50)22-32-45(38,24-57-32)61-27(4)49)39(53)37(58-26(3)48)34(25(30)2)43(46,5)6/h8,10-11,13-20,30-32,35-38,40,50,52,56H,1,9,12,21-24H2,2-7H3,(H,47,51)/t30-,31-,32+,35-,36+,37+,38-,40-,44+,45-,46+/m0/s1. The van der Waals surface area contributed by atoms with Crippen molar-refractivity contribution in [3.05, 3.63) is 95.6 Å². The molecule has 1 amide bonds. The second-order valence-corrected chi connectivity index (χ2v) is 17.3. The minimum Gasteiger partial charge on any atom is -0.456 e. The van der Waals surface area contributed by atoms with Crippen molar-refractivity contribution in [3.63, 3.8) is 0 Å². The Morgan fingerprint density at radius 1 is 0.967 bits per heavy atom. The van der Waals surface area contributed by atoms with Gasteiger partial charge in [-0.25, -0.2) is 9.59 Å². The lowest BCUT2D eigenvalue weighted by Crippen LogP contribution is -2.82. The number of rotatable bonds is 13. The van der Waals surface area contributed by atoms with Gasteiger partial charge in [0.25, 0.3) is 0 Å². The number of carbonyl (C=O) groups is 6. The summed E-state index contributed by atoms with van der Waals surface area (Å²) < 4.78 is 30.2. The van der Waals surface area contributed by atoms with Gasteiger partial charge in [0.05, 0.1) is 35.6 Å². The summed E-state index contributed by atoms with van der Waals surface area (Å²) in [4.78, 5) is 82.9. The van der Waals surface area contributed by atoms with Gasteiger partial charge in [0.15, 0.2) is 23.6 Å². The number of nitrogens with one attached hydrogen (secondary N) is 1. The Morgan fingerprint density at radius 3 is 2.18 bits per heavy atom. The number of Topliss-reactive ketones (excluding diaryl/α,β-unsaturated/α-hetero) is 1. The highest BCUT2D eigenvalue weighted by molar-refractivity contribution is 5.95. The molecule has 1 saturated heterocycles. The Kier molecular flexibility index (Phi) is 12.8. The number of benzene rings is 2. The lowest BCUT2D eigenvalue weighted by Gasteiger charge is -2.67. The highest BCUT2D eigenvalue weighted by atomic mass is 16.6. The summed E-state index contributed by atoms with van der Waals surface area (Å²) in [6.45, 7) is 11.7. The average Bonchev–Trinajstić information content (AvgIpc) is 3.21. The number of carbonyl (C=O) groups excluding carboxylic acids is 6. The van der Waals surface area contributed by atoms with E-state index in [-0.39, 0.29) is 36.2 Å². The first-order chi connectivity index (χ1) is 28.7. The molecule has 0 radical (unpaired) electrons. The molecule has 0 unspecified atom stereocenters. The van der Waals surface area contributed by atoms with Crippen LogP contribution in [0.25, 0.3) is 0 Å². The van der Waals surface area contributed by atoms with Gasteiger partial charge in [-0.2, -0.15) is 0 Å². The summed E-state index contributed by atoms with van der Waals surface area (Å²) in [5, 5.41) is 40.1. The van der Waals surface area contributed by atoms with Crippen LogP contribution in [0.3, 0.4) is 0 Å². The molecule has 3 aliphatic carbocycles. The molecule has 11 atom stereocenters. The SMILES string of the molecule is C=CCCCC(=O)N[C@@H](c1ccccc1)[C@@H](O)C(=O)O[C@H]1C[C@@]2(O)[C@@H](OC(=O)c3ccccc3)[C@@H]3[C@]4(OC(C)=O)CO[C@@H]4C[C@H](O)[C@@]3(C)C(=O)[C@H](OC(C)=O)C(=C1C)C2(C)C. The third-order valence-electron chi connectivity index (χ3n) is 13.3. The van der Waals surface area contributed by atoms with E-state index in [0.29, 0.717) is 18.4 Å². The van der Waals surface area contributed by atoms with Crippen LogP contribution >= 0.6 is 0 Å². The topological polar surface area (TPSA) is 221 Å². The fraction of sp³-hybridized carbons (Fsp3) is 0.522. The number of hydrogen-bond donors (Lipinski definition) is 4. The van der Waals surface area contributed by atoms with Crippen LogP contribution in [0.15, 0.2) is 84.5 Å². The van der Waals surface area contributed by atoms with Gasteiger partial charge in [0.2, 0.25) is 5.91 Å². The van der Waals surface area contributed by atoms with Crippen LogP contribution in [0.2, 0.25) is 0 Å². The summed E-state index contributed by atoms with van der Waals surface area (Å²) in [7, 11) is 0. The van der Waals surface area contributed by atoms with E-state index in [9.17, 15) is 39.3 Å². The van der Waals surface area contributed by atoms with Crippen molar-refractivity contribution in [1.29, 1.82) is 0 Å². The molecule has 61 heavy (non-hydrogen) atoms. The van der Waals surface area contributed by atoms with E-state index in [2.05, 4.69) is 11.9 Å². The molecule has 2 bridgehead atoms. The van der Waals surface area contributed by atoms with Gasteiger partial charge in [-0.05, 0) is 55.5 Å². The van der Waals surface area contributed by atoms with Gasteiger partial charge in [0, 0.05) is 38.5 Å². The van der Waals surface area contributed by atoms with Crippen molar-refractivity contribution >= 4 is 35.6 Å². The van der Waals surface area contributed by atoms with Gasteiger partial charge in [-0.1, -0.05) is 68.5 Å². The lowest BCUT2D eigenvalue weighted by molar-refractivity contribution is -0.346. The zero-order valence-corrected chi connectivity index (χ0v) is 35.3. The maximum atomic E-state index is 15.5. The van der Waals surface area contributed by atoms with Gasteiger partial charge >= 0.3 is 23.9 Å². The largest absolute Gasteiger partial charge is 0.456 e. The fourth-order valence-corrected chi connectivity index (χ4v) is 10.0. The minimum atomic E-state index is -2.38. The predicted molar refractivity (Wildman–Crippen MR) is 216 cm³/mol. The van der Waals surface area contributed by atoms with E-state index in [4.69, 9.17) is 23.7 Å². The van der Waals surface area contributed by atoms with Crippen LogP contribution in [0.5, 0.6) is 0 Å². The normalized spacial score (nSPS) is 32.2. The Balaban J connectivity index is 1.52. The molecule has 15 heteroatoms. The lowest BCUT2D eigenvalue weighted by atomic mass is 9.44. The molecule has 1 aliphatic heterocycles. The van der Waals surface area contributed by atoms with Gasteiger partial charge in [-0.3, -0.25) is 19.2 Å². The molecule has 1 heterocycles. The molecule has 2 aromatic carbocycles. The van der Waals surface area contributed by atoms with E-state index in [1.807, 2.05) is 0 Å². The molecular formula is C46H55NO14. The maximum absolute atomic E-state index is 15.5. The van der Waals surface area contributed by atoms with Crippen molar-refractivity contribution in [2.24, 2.45) is 16.7 Å². The van der Waals surface area contributed by atoms with Gasteiger partial charge < -0.3 is 44.3 Å². The fourth-order valence-electron chi connectivity index (χ4n) is 10.0. The second-order valence-electron chi connectivity index (χ2n) is 17.3. The number of amides is 1. The Bertz CT molecular complexity index is 2080. The van der Waals surface area contributed by atoms with E-state index >= 15 is 4.79 Å². The summed E-state index contributed by atoms with van der Waals surface area (Å²) >= 11 is 0. The number of aliphatic hydroxyl groups is 3. The van der Waals surface area contributed by atoms with Crippen LogP contribution in [0.1, 0.15) is 95.6 Å². The van der Waals surface area contributed by atoms with Crippen LogP contribution in [-0.4, -0.2) is 105 Å². The first-order valence-corrected chi connectivity index (χ1v) is 20.5. The number of allylic oxidation sites excluding steroid dienone is 1. The molecule has 4 aliphatic rings. The third kappa shape index (κ3) is 7.92. The summed E-state index contributed by atoms with van der Waals surface area (Å²) in [5.74, 6) is -6.65. The summed E-state index contributed by atoms with van der Waals surface area (Å²) in [6.07, 6.45) is -7.62. The zero-order valence-electron chi connectivity index (χ0n) is 35.3. The zero-order chi connectivity index (χ0) is 44.7. The van der Waals surface area contributed by atoms with Crippen molar-refractivity contribution < 1.29 is 67.8 Å². The highest BCUT2D eigenvalue weighted by Crippen LogP contribution is 2.64. The molecule has 2 aromatic rings. The Labute approximate surface area is 354 Å². The van der Waals surface area contributed by atoms with E-state index in [0.717, 1.165) is 13.8 Å². The number of unbranched alkanes of at least 4 members (excludes halogenated alkanes) is 1. The molecule has 2 saturated carbocycles. The number of esters is 4. The van der Waals surface area contributed by atoms with Crippen molar-refractivity contribution in [2.75, 3.05) is 6.61 Å².